The molecular weight excluding hydrogens is 440 g/mol. The third kappa shape index (κ3) is 5.43. The van der Waals surface area contributed by atoms with Crippen molar-refractivity contribution in [1.82, 2.24) is 10.0 Å². The van der Waals surface area contributed by atoms with E-state index in [1.807, 2.05) is 0 Å². The van der Waals surface area contributed by atoms with E-state index in [1.54, 1.807) is 6.07 Å². The molecule has 1 amide bonds. The average Bonchev–Trinajstić information content (AvgIpc) is 3.43. The molecule has 1 aliphatic carbocycles. The van der Waals surface area contributed by atoms with Gasteiger partial charge in [-0.25, -0.2) is 13.1 Å². The van der Waals surface area contributed by atoms with Gasteiger partial charge < -0.3 is 5.32 Å². The van der Waals surface area contributed by atoms with E-state index >= 15 is 0 Å². The highest BCUT2D eigenvalue weighted by Gasteiger charge is 2.28. The Kier molecular flexibility index (Phi) is 6.58. The van der Waals surface area contributed by atoms with E-state index < -0.39 is 10.0 Å². The predicted molar refractivity (Wildman–Crippen MR) is 114 cm³/mol. The topological polar surface area (TPSA) is 75.3 Å². The summed E-state index contributed by atoms with van der Waals surface area (Å²) < 4.78 is 28.0. The van der Waals surface area contributed by atoms with Crippen molar-refractivity contribution in [3.05, 3.63) is 63.1 Å². The Labute approximate surface area is 175 Å². The van der Waals surface area contributed by atoms with Gasteiger partial charge in [0.2, 0.25) is 10.0 Å². The summed E-state index contributed by atoms with van der Waals surface area (Å²) in [6, 6.07) is 10.9. The summed E-state index contributed by atoms with van der Waals surface area (Å²) in [6.45, 7) is 4.69. The van der Waals surface area contributed by atoms with E-state index in [0.717, 1.165) is 25.7 Å². The SMILES string of the molecule is Cc1ccc(CCCNC(=O)c2cc(S(=O)(=O)NC3CC3)ccc2Br)c(C)c1. The number of amides is 1. The van der Waals surface area contributed by atoms with Gasteiger partial charge >= 0.3 is 0 Å². The number of rotatable bonds is 8. The number of halogens is 1. The Hall–Kier alpha value is -1.70. The van der Waals surface area contributed by atoms with E-state index in [2.05, 4.69) is 58.0 Å². The number of hydrogen-bond acceptors (Lipinski definition) is 3. The molecule has 5 nitrogen and oxygen atoms in total. The molecule has 3 rings (SSSR count). The molecule has 0 radical (unpaired) electrons. The third-order valence-electron chi connectivity index (χ3n) is 4.80. The summed E-state index contributed by atoms with van der Waals surface area (Å²) in [6.07, 6.45) is 3.43. The van der Waals surface area contributed by atoms with Gasteiger partial charge in [-0.15, -0.1) is 0 Å². The largest absolute Gasteiger partial charge is 0.352 e. The van der Waals surface area contributed by atoms with Crippen LogP contribution in [0.15, 0.2) is 45.8 Å². The molecule has 0 atom stereocenters. The van der Waals surface area contributed by atoms with Crippen molar-refractivity contribution in [2.75, 3.05) is 6.54 Å². The molecule has 0 spiro atoms. The fourth-order valence-corrected chi connectivity index (χ4v) is 4.79. The summed E-state index contributed by atoms with van der Waals surface area (Å²) >= 11 is 3.35. The van der Waals surface area contributed by atoms with Gasteiger partial charge in [-0.2, -0.15) is 0 Å². The fourth-order valence-electron chi connectivity index (χ4n) is 3.04. The molecule has 0 aliphatic heterocycles. The van der Waals surface area contributed by atoms with Crippen molar-refractivity contribution in [3.63, 3.8) is 0 Å². The zero-order valence-corrected chi connectivity index (χ0v) is 18.5. The number of sulfonamides is 1. The molecule has 2 aromatic carbocycles. The fraction of sp³-hybridized carbons (Fsp3) is 0.381. The first-order valence-corrected chi connectivity index (χ1v) is 11.7. The van der Waals surface area contributed by atoms with Crippen LogP contribution in [-0.2, 0) is 16.4 Å². The Bertz CT molecular complexity index is 985. The Morgan fingerprint density at radius 2 is 1.89 bits per heavy atom. The second kappa shape index (κ2) is 8.76. The Morgan fingerprint density at radius 3 is 2.57 bits per heavy atom. The first-order valence-electron chi connectivity index (χ1n) is 9.42. The van der Waals surface area contributed by atoms with Crippen molar-refractivity contribution < 1.29 is 13.2 Å². The number of benzene rings is 2. The van der Waals surface area contributed by atoms with Crippen LogP contribution in [0.1, 0.15) is 46.3 Å². The van der Waals surface area contributed by atoms with Gasteiger partial charge in [-0.05, 0) is 84.8 Å². The van der Waals surface area contributed by atoms with Gasteiger partial charge in [0.15, 0.2) is 0 Å². The van der Waals surface area contributed by atoms with Crippen molar-refractivity contribution in [2.45, 2.75) is 50.5 Å². The van der Waals surface area contributed by atoms with Crippen molar-refractivity contribution in [1.29, 1.82) is 0 Å². The Balaban J connectivity index is 1.59. The molecule has 7 heteroatoms. The number of carbonyl (C=O) groups is 1. The van der Waals surface area contributed by atoms with Crippen molar-refractivity contribution in [2.24, 2.45) is 0 Å². The van der Waals surface area contributed by atoms with Gasteiger partial charge in [-0.3, -0.25) is 4.79 Å². The molecule has 1 saturated carbocycles. The molecule has 1 fully saturated rings. The van der Waals surface area contributed by atoms with Crippen LogP contribution in [0.2, 0.25) is 0 Å². The lowest BCUT2D eigenvalue weighted by Crippen LogP contribution is -2.28. The lowest BCUT2D eigenvalue weighted by atomic mass is 10.0. The van der Waals surface area contributed by atoms with Gasteiger partial charge in [-0.1, -0.05) is 23.8 Å². The summed E-state index contributed by atoms with van der Waals surface area (Å²) in [5, 5.41) is 2.89. The van der Waals surface area contributed by atoms with Crippen molar-refractivity contribution in [3.8, 4) is 0 Å². The first-order chi connectivity index (χ1) is 13.3. The molecule has 150 valence electrons. The molecule has 28 heavy (non-hydrogen) atoms. The second-order valence-corrected chi connectivity index (χ2v) is 9.89. The van der Waals surface area contributed by atoms with Crippen LogP contribution >= 0.6 is 15.9 Å². The lowest BCUT2D eigenvalue weighted by Gasteiger charge is -2.11. The number of nitrogens with one attached hydrogen (secondary N) is 2. The second-order valence-electron chi connectivity index (χ2n) is 7.33. The van der Waals surface area contributed by atoms with Gasteiger partial charge in [0.05, 0.1) is 10.5 Å². The molecule has 0 aromatic heterocycles. The predicted octanol–water partition coefficient (Wildman–Crippen LogP) is 3.87. The monoisotopic (exact) mass is 464 g/mol. The van der Waals surface area contributed by atoms with Crippen LogP contribution in [0, 0.1) is 13.8 Å². The maximum absolute atomic E-state index is 12.5. The number of carbonyl (C=O) groups excluding carboxylic acids is 1. The first kappa shape index (κ1) is 21.0. The van der Waals surface area contributed by atoms with Crippen LogP contribution in [0.5, 0.6) is 0 Å². The zero-order chi connectivity index (χ0) is 20.3. The van der Waals surface area contributed by atoms with Gasteiger partial charge in [0.1, 0.15) is 0 Å². The standard InChI is InChI=1S/C21H25BrN2O3S/c1-14-5-6-16(15(2)12-14)4-3-11-23-21(25)19-13-18(9-10-20(19)22)28(26,27)24-17-7-8-17/h5-6,9-10,12-13,17,24H,3-4,7-8,11H2,1-2H3,(H,23,25). The minimum atomic E-state index is -3.59. The molecule has 1 aliphatic rings. The van der Waals surface area contributed by atoms with Crippen molar-refractivity contribution >= 4 is 31.9 Å². The highest BCUT2D eigenvalue weighted by Crippen LogP contribution is 2.25. The molecule has 0 saturated heterocycles. The van der Waals surface area contributed by atoms with E-state index in [1.165, 1.54) is 28.8 Å². The highest BCUT2D eigenvalue weighted by molar-refractivity contribution is 9.10. The maximum atomic E-state index is 12.5. The molecule has 2 N–H and O–H groups in total. The molecule has 0 heterocycles. The van der Waals surface area contributed by atoms with Crippen LogP contribution in [-0.4, -0.2) is 26.9 Å². The van der Waals surface area contributed by atoms with E-state index in [9.17, 15) is 13.2 Å². The highest BCUT2D eigenvalue weighted by atomic mass is 79.9. The van der Waals surface area contributed by atoms with Gasteiger partial charge in [0.25, 0.3) is 5.91 Å². The van der Waals surface area contributed by atoms with Crippen LogP contribution in [0.3, 0.4) is 0 Å². The summed E-state index contributed by atoms with van der Waals surface area (Å²) in [5.41, 5.74) is 4.10. The molecule has 0 bridgehead atoms. The Morgan fingerprint density at radius 1 is 1.14 bits per heavy atom. The lowest BCUT2D eigenvalue weighted by molar-refractivity contribution is 0.0952. The smallest absolute Gasteiger partial charge is 0.252 e. The summed E-state index contributed by atoms with van der Waals surface area (Å²) in [4.78, 5) is 12.7. The average molecular weight is 465 g/mol. The summed E-state index contributed by atoms with van der Waals surface area (Å²) in [7, 11) is -3.59. The molecule has 0 unspecified atom stereocenters. The zero-order valence-electron chi connectivity index (χ0n) is 16.1. The maximum Gasteiger partial charge on any atom is 0.252 e. The number of aryl methyl sites for hydroxylation is 3. The minimum absolute atomic E-state index is 0.0242. The van der Waals surface area contributed by atoms with Crippen LogP contribution in [0.4, 0.5) is 0 Å². The molecular formula is C21H25BrN2O3S. The van der Waals surface area contributed by atoms with E-state index in [4.69, 9.17) is 0 Å². The quantitative estimate of drug-likeness (QED) is 0.582. The number of hydrogen-bond donors (Lipinski definition) is 2. The molecule has 2 aromatic rings. The normalized spacial score (nSPS) is 14.1. The minimum Gasteiger partial charge on any atom is -0.352 e. The third-order valence-corrected chi connectivity index (χ3v) is 7.01. The van der Waals surface area contributed by atoms with Crippen LogP contribution in [0.25, 0.3) is 0 Å². The van der Waals surface area contributed by atoms with Gasteiger partial charge in [0, 0.05) is 17.1 Å². The summed E-state index contributed by atoms with van der Waals surface area (Å²) in [5.74, 6) is -0.282. The van der Waals surface area contributed by atoms with E-state index in [-0.39, 0.29) is 16.8 Å². The van der Waals surface area contributed by atoms with Crippen LogP contribution < -0.4 is 10.0 Å². The van der Waals surface area contributed by atoms with E-state index in [0.29, 0.717) is 16.6 Å².